The van der Waals surface area contributed by atoms with Crippen molar-refractivity contribution >= 4 is 181 Å². The summed E-state index contributed by atoms with van der Waals surface area (Å²) in [5.41, 5.74) is 39.5. The highest BCUT2D eigenvalue weighted by Crippen LogP contribution is 2.24. The average molecular weight is 2060 g/mol. The Bertz CT molecular complexity index is 4490. The predicted molar refractivity (Wildman–Crippen MR) is 507 cm³/mol. The van der Waals surface area contributed by atoms with Crippen molar-refractivity contribution in [1.29, 1.82) is 10.8 Å². The van der Waals surface area contributed by atoms with Crippen LogP contribution in [0.5, 0.6) is 0 Å². The van der Waals surface area contributed by atoms with Crippen molar-refractivity contribution in [2.45, 2.75) is 246 Å². The van der Waals surface area contributed by atoms with Gasteiger partial charge in [0.1, 0.15) is 96.7 Å². The van der Waals surface area contributed by atoms with Crippen LogP contribution in [-0.2, 0) is 117 Å². The van der Waals surface area contributed by atoms with E-state index in [1.807, 2.05) is 0 Å². The third kappa shape index (κ3) is 49.7. The number of carboxylic acids is 3. The zero-order chi connectivity index (χ0) is 106. The molecule has 0 aromatic heterocycles. The van der Waals surface area contributed by atoms with Crippen molar-refractivity contribution in [2.24, 2.45) is 40.1 Å². The van der Waals surface area contributed by atoms with Gasteiger partial charge in [0.05, 0.1) is 51.1 Å². The van der Waals surface area contributed by atoms with Gasteiger partial charge in [-0.1, -0.05) is 51.9 Å². The molecule has 18 atom stereocenters. The molecule has 1 fully saturated rings. The molecule has 0 bridgehead atoms. The van der Waals surface area contributed by atoms with E-state index < -0.39 is 327 Å². The number of hydrogen-bond donors (Lipinski definition) is 34. The summed E-state index contributed by atoms with van der Waals surface area (Å²) in [5.74, 6) is -30.2. The normalized spacial score (nSPS) is 17.8. The van der Waals surface area contributed by atoms with Crippen LogP contribution in [0.15, 0.2) is 30.3 Å². The monoisotopic (exact) mass is 2060 g/mol. The number of carbonyl (C=O) groups is 23. The number of thioether (sulfide) groups is 1. The van der Waals surface area contributed by atoms with Gasteiger partial charge in [0.25, 0.3) is 0 Å². The Hall–Kier alpha value is -13.6. The van der Waals surface area contributed by atoms with Crippen LogP contribution in [0.2, 0.25) is 0 Å². The van der Waals surface area contributed by atoms with Gasteiger partial charge in [-0.05, 0) is 135 Å². The fraction of sp³-hybridized carbons (Fsp3) is 0.617. The predicted octanol–water partition coefficient (Wildman–Crippen LogP) is -13.9. The van der Waals surface area contributed by atoms with Crippen molar-refractivity contribution in [3.8, 4) is 0 Å². The van der Waals surface area contributed by atoms with E-state index in [1.165, 1.54) is 30.8 Å². The van der Waals surface area contributed by atoms with E-state index in [0.717, 1.165) is 20.8 Å². The first-order chi connectivity index (χ1) is 66.4. The van der Waals surface area contributed by atoms with Crippen LogP contribution in [0.1, 0.15) is 136 Å². The summed E-state index contributed by atoms with van der Waals surface area (Å²) >= 11 is 1.19. The number of rotatable bonds is 61. The number of carbonyl (C=O) groups excluding carboxylic acids is 20. The highest BCUT2D eigenvalue weighted by molar-refractivity contribution is 8.76. The van der Waals surface area contributed by atoms with E-state index in [9.17, 15) is 131 Å². The molecule has 41 N–H and O–H groups in total. The van der Waals surface area contributed by atoms with Crippen molar-refractivity contribution in [3.05, 3.63) is 35.9 Å². The van der Waals surface area contributed by atoms with Crippen molar-refractivity contribution in [2.75, 3.05) is 69.4 Å². The molecule has 1 aliphatic heterocycles. The van der Waals surface area contributed by atoms with Crippen molar-refractivity contribution in [1.82, 2.24) is 106 Å². The lowest BCUT2D eigenvalue weighted by atomic mass is 10.0. The SMILES string of the molecule is CSCC[C@@H]1NC(=O)[C@@H](NC(=O)[C@H](CC(=O)O)NC(=O)[C@H](CCC(=O)O)NC(=O)[C@H](C)NC(=O)[C@H](CO)NC(=O)[C@H](CCCCN)NC(=O)[C@H](Cc2ccccc2)NC(=O)[C@H](CC(N)=O)NC(=O)[C@H](CC(N)=O)NC(=O)[C@H](CCCNC(=N)N)NC(=O)[C@H](CCCCN)NC(=O)[C@H](C)N)CSSC[C@@H](C(=O)NCC(=O)NCC(=O)N[C@@H](C)C(=O)O)NC(=O)[C@H](C(C)O)NC(=O)[C@H](CCCNC(=N)N)NC1=O. The molecule has 0 radical (unpaired) electrons. The number of amides is 20. The number of unbranched alkanes of at least 4 members (excludes halogenated alkanes) is 2. The molecule has 788 valence electrons. The minimum atomic E-state index is -2.26. The molecule has 57 nitrogen and oxygen atoms in total. The highest BCUT2D eigenvalue weighted by Gasteiger charge is 2.41. The largest absolute Gasteiger partial charge is 0.481 e. The lowest BCUT2D eigenvalue weighted by Gasteiger charge is -2.28. The first kappa shape index (κ1) is 123. The van der Waals surface area contributed by atoms with Gasteiger partial charge in [-0.15, -0.1) is 0 Å². The van der Waals surface area contributed by atoms with Crippen LogP contribution in [0.25, 0.3) is 0 Å². The van der Waals surface area contributed by atoms with Gasteiger partial charge < -0.3 is 172 Å². The van der Waals surface area contributed by atoms with E-state index in [4.69, 9.17) is 56.1 Å². The maximum atomic E-state index is 14.7. The van der Waals surface area contributed by atoms with E-state index in [-0.39, 0.29) is 89.7 Å². The van der Waals surface area contributed by atoms with E-state index in [1.54, 1.807) is 24.5 Å². The topological polar surface area (TPSA) is 964 Å². The van der Waals surface area contributed by atoms with Crippen LogP contribution < -0.4 is 146 Å². The first-order valence-electron chi connectivity index (χ1n) is 44.5. The zero-order valence-corrected chi connectivity index (χ0v) is 80.7. The molecular weight excluding hydrogens is 1920 g/mol. The summed E-state index contributed by atoms with van der Waals surface area (Å²) in [6, 6.07) is -22.0. The van der Waals surface area contributed by atoms with Gasteiger partial charge in [0.2, 0.25) is 118 Å². The van der Waals surface area contributed by atoms with Gasteiger partial charge in [-0.2, -0.15) is 11.8 Å². The summed E-state index contributed by atoms with van der Waals surface area (Å²) in [4.78, 5) is 314. The second kappa shape index (κ2) is 66.1. The van der Waals surface area contributed by atoms with E-state index in [0.29, 0.717) is 40.0 Å². The molecule has 1 unspecified atom stereocenters. The quantitative estimate of drug-likeness (QED) is 0.0125. The minimum Gasteiger partial charge on any atom is -0.481 e. The maximum absolute atomic E-state index is 14.7. The van der Waals surface area contributed by atoms with E-state index >= 15 is 0 Å². The van der Waals surface area contributed by atoms with Gasteiger partial charge in [0, 0.05) is 37.4 Å². The lowest BCUT2D eigenvalue weighted by molar-refractivity contribution is -0.142. The number of nitrogens with two attached hydrogens (primary N) is 7. The molecule has 1 aromatic rings. The third-order valence-electron chi connectivity index (χ3n) is 20.4. The molecule has 141 heavy (non-hydrogen) atoms. The Kier molecular flexibility index (Phi) is 57.9. The van der Waals surface area contributed by atoms with Crippen LogP contribution in [0.4, 0.5) is 0 Å². The lowest BCUT2D eigenvalue weighted by Crippen LogP contribution is -2.62. The smallest absolute Gasteiger partial charge is 0.325 e. The number of nitrogens with one attached hydrogen (secondary N) is 22. The summed E-state index contributed by atoms with van der Waals surface area (Å²) in [7, 11) is 1.38. The molecule has 0 saturated carbocycles. The number of hydrogen-bond acceptors (Lipinski definition) is 33. The number of primary amides is 2. The summed E-state index contributed by atoms with van der Waals surface area (Å²) in [5, 5.41) is 112. The molecule has 1 heterocycles. The van der Waals surface area contributed by atoms with Gasteiger partial charge in [-0.3, -0.25) is 121 Å². The maximum Gasteiger partial charge on any atom is 0.325 e. The van der Waals surface area contributed by atoms with Crippen molar-refractivity contribution in [3.63, 3.8) is 0 Å². The summed E-state index contributed by atoms with van der Waals surface area (Å²) in [6.07, 6.45) is -5.62. The van der Waals surface area contributed by atoms with Gasteiger partial charge in [-0.25, -0.2) is 0 Å². The molecule has 60 heteroatoms. The minimum absolute atomic E-state index is 0.0163. The van der Waals surface area contributed by atoms with Crippen LogP contribution in [0, 0.1) is 10.8 Å². The molecule has 2 rings (SSSR count). The molecule has 1 aliphatic rings. The average Bonchev–Trinajstić information content (AvgIpc) is 1.83. The Morgan fingerprint density at radius 3 is 1.38 bits per heavy atom. The number of aliphatic hydroxyl groups excluding tert-OH is 2. The molecular formula is C81H133N29O28S3. The Morgan fingerprint density at radius 2 is 0.894 bits per heavy atom. The van der Waals surface area contributed by atoms with Crippen molar-refractivity contribution < 1.29 is 136 Å². The van der Waals surface area contributed by atoms with Crippen LogP contribution in [0.3, 0.4) is 0 Å². The first-order valence-corrected chi connectivity index (χ1v) is 48.3. The summed E-state index contributed by atoms with van der Waals surface area (Å²) in [6.45, 7) is 1.87. The number of aliphatic carboxylic acids is 3. The van der Waals surface area contributed by atoms with Gasteiger partial charge in [0.15, 0.2) is 11.9 Å². The Labute approximate surface area is 821 Å². The standard InChI is InChI=1S/C81H133N29O28S3/c1-38(84)63(121)97-43(17-9-11-24-82)66(124)99-45(19-13-26-91-80(87)88)67(125)104-50(30-56(85)113)74(132)105-51(31-57(86)114)73(131)103-49(29-42-15-7-6-8-16-42)72(130)101-44(18-10-12-25-83)68(126)107-53(35-111)76(134)96-39(2)64(122)98-47(21-22-60(117)118)69(127)106-52(32-61(119)120)75(133)108-55-37-141-140-36-54(65(123)94-33-58(115)93-34-59(116)95-40(3)79(137)138)109-78(136)62(41(4)112)110-71(129)46(20-14-27-92-81(89)90)100-70(128)48(23-28-139-5)102-77(55)135/h6-8,15-16,38-41,43-55,62,111-112H,9-14,17-37,82-84H2,1-5H3,(H2,85,113)(H2,86,114)(H,93,115)(H,94,123)(H,95,116)(H,96,134)(H,97,121)(H,98,122)(H,99,124)(H,100,128)(H,101,130)(H,102,135)(H,103,131)(H,104,125)(H,105,132)(H,106,127)(H,107,126)(H,108,133)(H,109,136)(H,110,129)(H,117,118)(H,119,120)(H,137,138)(H4,87,88,91)(H4,89,90,92)/t38-,39-,40-,41?,43-,44-,45-,46-,47-,48-,49-,50-,51-,52-,53-,54-,55-,62-/m0/s1. The second-order valence-electron chi connectivity index (χ2n) is 32.3. The van der Waals surface area contributed by atoms with Crippen LogP contribution >= 0.6 is 33.3 Å². The molecule has 0 aliphatic carbocycles. The van der Waals surface area contributed by atoms with Gasteiger partial charge >= 0.3 is 17.9 Å². The van der Waals surface area contributed by atoms with Crippen LogP contribution in [-0.4, -0.2) is 352 Å². The number of aliphatic hydroxyl groups is 2. The third-order valence-corrected chi connectivity index (χ3v) is 23.5. The molecule has 1 saturated heterocycles. The molecule has 1 aromatic carbocycles. The number of guanidine groups is 2. The fourth-order valence-corrected chi connectivity index (χ4v) is 15.5. The number of carboxylic acid groups (broad SMARTS) is 3. The Morgan fingerprint density at radius 1 is 0.454 bits per heavy atom. The molecule has 0 spiro atoms. The highest BCUT2D eigenvalue weighted by atomic mass is 33.1. The number of benzene rings is 1. The fourth-order valence-electron chi connectivity index (χ4n) is 12.7. The zero-order valence-electron chi connectivity index (χ0n) is 78.3. The summed E-state index contributed by atoms with van der Waals surface area (Å²) < 4.78 is 0. The van der Waals surface area contributed by atoms with E-state index in [2.05, 4.69) is 106 Å². The second-order valence-corrected chi connectivity index (χ2v) is 35.8. The molecule has 20 amide bonds. The Balaban J connectivity index is 2.64.